The van der Waals surface area contributed by atoms with Gasteiger partial charge in [0.05, 0.1) is 6.42 Å². The Morgan fingerprint density at radius 3 is 2.65 bits per heavy atom. The molecule has 0 aromatic heterocycles. The number of urea groups is 1. The predicted octanol–water partition coefficient (Wildman–Crippen LogP) is 2.35. The van der Waals surface area contributed by atoms with Gasteiger partial charge in [0.1, 0.15) is 0 Å². The number of hydrogen-bond acceptors (Lipinski definition) is 2. The zero-order valence-corrected chi connectivity index (χ0v) is 11.9. The molecule has 2 amide bonds. The molecule has 0 bridgehead atoms. The van der Waals surface area contributed by atoms with Crippen LogP contribution < -0.4 is 4.90 Å². The van der Waals surface area contributed by atoms with Crippen molar-refractivity contribution in [3.8, 4) is 0 Å². The van der Waals surface area contributed by atoms with Crippen LogP contribution in [0.3, 0.4) is 0 Å². The standard InChI is InChI=1S/C15H20N2O3/c1-3-17(13-6-4-5-11(2)7-13)15(20)16-9-12(10-16)8-14(18)19/h4-7,12H,3,8-10H2,1-2H3,(H,18,19). The first kappa shape index (κ1) is 14.4. The molecule has 1 aliphatic heterocycles. The van der Waals surface area contributed by atoms with E-state index in [9.17, 15) is 9.59 Å². The number of aliphatic carboxylic acids is 1. The summed E-state index contributed by atoms with van der Waals surface area (Å²) >= 11 is 0. The van der Waals surface area contributed by atoms with Crippen molar-refractivity contribution in [3.05, 3.63) is 29.8 Å². The van der Waals surface area contributed by atoms with E-state index in [1.165, 1.54) is 0 Å². The van der Waals surface area contributed by atoms with Crippen molar-refractivity contribution >= 4 is 17.7 Å². The van der Waals surface area contributed by atoms with Crippen molar-refractivity contribution in [2.45, 2.75) is 20.3 Å². The predicted molar refractivity (Wildman–Crippen MR) is 76.9 cm³/mol. The van der Waals surface area contributed by atoms with Gasteiger partial charge < -0.3 is 10.0 Å². The molecule has 5 nitrogen and oxygen atoms in total. The second-order valence-electron chi connectivity index (χ2n) is 5.23. The maximum atomic E-state index is 12.4. The van der Waals surface area contributed by atoms with E-state index in [1.807, 2.05) is 38.1 Å². The topological polar surface area (TPSA) is 60.9 Å². The van der Waals surface area contributed by atoms with Gasteiger partial charge in [-0.1, -0.05) is 12.1 Å². The number of aryl methyl sites for hydroxylation is 1. The number of rotatable bonds is 4. The van der Waals surface area contributed by atoms with Gasteiger partial charge in [0.25, 0.3) is 0 Å². The molecule has 1 aromatic carbocycles. The largest absolute Gasteiger partial charge is 0.481 e. The maximum absolute atomic E-state index is 12.4. The van der Waals surface area contributed by atoms with Gasteiger partial charge in [-0.25, -0.2) is 4.79 Å². The van der Waals surface area contributed by atoms with Gasteiger partial charge in [-0.05, 0) is 31.5 Å². The van der Waals surface area contributed by atoms with Crippen molar-refractivity contribution in [3.63, 3.8) is 0 Å². The number of nitrogens with zero attached hydrogens (tertiary/aromatic N) is 2. The summed E-state index contributed by atoms with van der Waals surface area (Å²) in [5.74, 6) is -0.708. The smallest absolute Gasteiger partial charge is 0.324 e. The number of amides is 2. The maximum Gasteiger partial charge on any atom is 0.324 e. The quantitative estimate of drug-likeness (QED) is 0.918. The first-order valence-corrected chi connectivity index (χ1v) is 6.86. The molecule has 0 atom stereocenters. The molecule has 1 fully saturated rings. The number of anilines is 1. The van der Waals surface area contributed by atoms with Crippen LogP contribution >= 0.6 is 0 Å². The summed E-state index contributed by atoms with van der Waals surface area (Å²) in [5.41, 5.74) is 2.00. The third-order valence-electron chi connectivity index (χ3n) is 3.55. The zero-order valence-electron chi connectivity index (χ0n) is 11.9. The van der Waals surface area contributed by atoms with Crippen LogP contribution in [0.2, 0.25) is 0 Å². The Labute approximate surface area is 118 Å². The Morgan fingerprint density at radius 1 is 1.40 bits per heavy atom. The highest BCUT2D eigenvalue weighted by atomic mass is 16.4. The Morgan fingerprint density at radius 2 is 2.10 bits per heavy atom. The molecule has 0 spiro atoms. The fraction of sp³-hybridized carbons (Fsp3) is 0.467. The number of carboxylic acids is 1. The van der Waals surface area contributed by atoms with E-state index in [0.29, 0.717) is 19.6 Å². The lowest BCUT2D eigenvalue weighted by Crippen LogP contribution is -2.55. The van der Waals surface area contributed by atoms with Gasteiger partial charge in [-0.3, -0.25) is 9.69 Å². The second-order valence-corrected chi connectivity index (χ2v) is 5.23. The van der Waals surface area contributed by atoms with Crippen LogP contribution in [-0.4, -0.2) is 41.6 Å². The van der Waals surface area contributed by atoms with Gasteiger partial charge in [0.2, 0.25) is 0 Å². The van der Waals surface area contributed by atoms with E-state index >= 15 is 0 Å². The van der Waals surface area contributed by atoms with E-state index in [2.05, 4.69) is 0 Å². The average Bonchev–Trinajstić information content (AvgIpc) is 2.34. The highest BCUT2D eigenvalue weighted by Gasteiger charge is 2.34. The molecule has 2 rings (SSSR count). The van der Waals surface area contributed by atoms with Crippen molar-refractivity contribution < 1.29 is 14.7 Å². The van der Waals surface area contributed by atoms with Crippen LogP contribution in [0.25, 0.3) is 0 Å². The minimum Gasteiger partial charge on any atom is -0.481 e. The number of carbonyl (C=O) groups is 2. The highest BCUT2D eigenvalue weighted by Crippen LogP contribution is 2.24. The Balaban J connectivity index is 1.99. The summed E-state index contributed by atoms with van der Waals surface area (Å²) in [6, 6.07) is 7.79. The number of likely N-dealkylation sites (tertiary alicyclic amines) is 1. The molecule has 0 aliphatic carbocycles. The fourth-order valence-electron chi connectivity index (χ4n) is 2.50. The number of carboxylic acid groups (broad SMARTS) is 1. The normalized spacial score (nSPS) is 14.8. The van der Waals surface area contributed by atoms with Gasteiger partial charge in [0.15, 0.2) is 0 Å². The Bertz CT molecular complexity index is 510. The molecule has 0 saturated carbocycles. The molecule has 1 aliphatic rings. The summed E-state index contributed by atoms with van der Waals surface area (Å²) in [6.45, 7) is 5.60. The second kappa shape index (κ2) is 5.94. The van der Waals surface area contributed by atoms with Gasteiger partial charge in [-0.15, -0.1) is 0 Å². The first-order valence-electron chi connectivity index (χ1n) is 6.86. The average molecular weight is 276 g/mol. The number of hydrogen-bond donors (Lipinski definition) is 1. The van der Waals surface area contributed by atoms with E-state index in [1.54, 1.807) is 9.80 Å². The van der Waals surface area contributed by atoms with E-state index in [4.69, 9.17) is 5.11 Å². The molecular formula is C15H20N2O3. The van der Waals surface area contributed by atoms with Gasteiger partial charge in [0, 0.05) is 31.2 Å². The fourth-order valence-corrected chi connectivity index (χ4v) is 2.50. The van der Waals surface area contributed by atoms with Crippen LogP contribution in [0.1, 0.15) is 18.9 Å². The molecule has 108 valence electrons. The van der Waals surface area contributed by atoms with E-state index in [-0.39, 0.29) is 18.4 Å². The van der Waals surface area contributed by atoms with Crippen molar-refractivity contribution in [2.75, 3.05) is 24.5 Å². The molecule has 20 heavy (non-hydrogen) atoms. The SMILES string of the molecule is CCN(C(=O)N1CC(CC(=O)O)C1)c1cccc(C)c1. The van der Waals surface area contributed by atoms with Crippen molar-refractivity contribution in [1.82, 2.24) is 4.90 Å². The van der Waals surface area contributed by atoms with Crippen LogP contribution in [0.5, 0.6) is 0 Å². The molecule has 1 saturated heterocycles. The van der Waals surface area contributed by atoms with E-state index < -0.39 is 5.97 Å². The van der Waals surface area contributed by atoms with Crippen LogP contribution in [0, 0.1) is 12.8 Å². The lowest BCUT2D eigenvalue weighted by Gasteiger charge is -2.41. The summed E-state index contributed by atoms with van der Waals surface area (Å²) < 4.78 is 0. The minimum absolute atomic E-state index is 0.0419. The molecule has 0 unspecified atom stereocenters. The molecule has 1 N–H and O–H groups in total. The summed E-state index contributed by atoms with van der Waals surface area (Å²) in [6.07, 6.45) is 0.139. The van der Waals surface area contributed by atoms with Gasteiger partial charge in [-0.2, -0.15) is 0 Å². The Kier molecular flexibility index (Phi) is 4.27. The van der Waals surface area contributed by atoms with Crippen molar-refractivity contribution in [1.29, 1.82) is 0 Å². The molecular weight excluding hydrogens is 256 g/mol. The third kappa shape index (κ3) is 3.10. The van der Waals surface area contributed by atoms with E-state index in [0.717, 1.165) is 11.3 Å². The lowest BCUT2D eigenvalue weighted by molar-refractivity contribution is -0.139. The monoisotopic (exact) mass is 276 g/mol. The third-order valence-corrected chi connectivity index (χ3v) is 3.55. The number of carbonyl (C=O) groups excluding carboxylic acids is 1. The molecule has 5 heteroatoms. The molecule has 0 radical (unpaired) electrons. The van der Waals surface area contributed by atoms with Crippen LogP contribution in [0.15, 0.2) is 24.3 Å². The zero-order chi connectivity index (χ0) is 14.7. The van der Waals surface area contributed by atoms with Crippen LogP contribution in [0.4, 0.5) is 10.5 Å². The summed E-state index contributed by atoms with van der Waals surface area (Å²) in [4.78, 5) is 26.5. The van der Waals surface area contributed by atoms with Crippen molar-refractivity contribution in [2.24, 2.45) is 5.92 Å². The number of benzene rings is 1. The first-order chi connectivity index (χ1) is 9.51. The highest BCUT2D eigenvalue weighted by molar-refractivity contribution is 5.92. The summed E-state index contributed by atoms with van der Waals surface area (Å²) in [5, 5.41) is 8.72. The lowest BCUT2D eigenvalue weighted by atomic mass is 9.97. The minimum atomic E-state index is -0.798. The van der Waals surface area contributed by atoms with Crippen LogP contribution in [-0.2, 0) is 4.79 Å². The summed E-state index contributed by atoms with van der Waals surface area (Å²) in [7, 11) is 0. The Hall–Kier alpha value is -2.04. The molecule has 1 aromatic rings. The van der Waals surface area contributed by atoms with Gasteiger partial charge >= 0.3 is 12.0 Å². The molecule has 1 heterocycles.